The van der Waals surface area contributed by atoms with Gasteiger partial charge in [0.25, 0.3) is 5.91 Å². The fourth-order valence-corrected chi connectivity index (χ4v) is 2.08. The number of hydrogen-bond acceptors (Lipinski definition) is 3. The Hall–Kier alpha value is -1.81. The van der Waals surface area contributed by atoms with Gasteiger partial charge < -0.3 is 11.1 Å². The Labute approximate surface area is 117 Å². The minimum atomic E-state index is -0.328. The van der Waals surface area contributed by atoms with Gasteiger partial charge in [0, 0.05) is 33.2 Å². The zero-order valence-electron chi connectivity index (χ0n) is 11.1. The predicted octanol–water partition coefficient (Wildman–Crippen LogP) is 3.00. The Morgan fingerprint density at radius 2 is 2.00 bits per heavy atom. The van der Waals surface area contributed by atoms with Crippen LogP contribution < -0.4 is 11.1 Å². The van der Waals surface area contributed by atoms with Gasteiger partial charge in [-0.25, -0.2) is 0 Å². The molecule has 0 saturated carbocycles. The molecule has 0 radical (unpaired) electrons. The van der Waals surface area contributed by atoms with E-state index in [1.807, 2.05) is 20.8 Å². The highest BCUT2D eigenvalue weighted by Gasteiger charge is 2.19. The lowest BCUT2D eigenvalue weighted by Crippen LogP contribution is -2.41. The number of halogens is 1. The standard InChI is InChI=1S/C14H16ClN3O/c1-14(2,3)18-13(19)12-10-6-8(15)7-11(16)9(10)4-5-17-12/h4-7H,16H2,1-3H3,(H,18,19). The number of pyridine rings is 1. The van der Waals surface area contributed by atoms with Gasteiger partial charge in [-0.1, -0.05) is 11.6 Å². The summed E-state index contributed by atoms with van der Waals surface area (Å²) in [5, 5.41) is 4.81. The van der Waals surface area contributed by atoms with Crippen molar-refractivity contribution < 1.29 is 4.79 Å². The number of hydrogen-bond donors (Lipinski definition) is 2. The molecule has 1 amide bonds. The molecule has 2 aromatic rings. The lowest BCUT2D eigenvalue weighted by molar-refractivity contribution is 0.0916. The molecule has 100 valence electrons. The lowest BCUT2D eigenvalue weighted by Gasteiger charge is -2.20. The molecule has 5 heteroatoms. The topological polar surface area (TPSA) is 68.0 Å². The highest BCUT2D eigenvalue weighted by molar-refractivity contribution is 6.32. The van der Waals surface area contributed by atoms with Crippen LogP contribution in [-0.4, -0.2) is 16.4 Å². The van der Waals surface area contributed by atoms with Crippen molar-refractivity contribution in [3.8, 4) is 0 Å². The molecular formula is C14H16ClN3O. The molecule has 0 saturated heterocycles. The van der Waals surface area contributed by atoms with Crippen molar-refractivity contribution >= 4 is 34.0 Å². The summed E-state index contributed by atoms with van der Waals surface area (Å²) in [6, 6.07) is 5.14. The van der Waals surface area contributed by atoms with Crippen LogP contribution in [0.15, 0.2) is 24.4 Å². The third-order valence-corrected chi connectivity index (χ3v) is 2.80. The van der Waals surface area contributed by atoms with Crippen molar-refractivity contribution in [3.63, 3.8) is 0 Å². The number of nitrogens with two attached hydrogens (primary N) is 1. The summed E-state index contributed by atoms with van der Waals surface area (Å²) in [5.74, 6) is -0.236. The molecule has 0 aliphatic carbocycles. The number of nitrogens with one attached hydrogen (secondary N) is 1. The molecule has 1 aromatic heterocycles. The average Bonchev–Trinajstić information content (AvgIpc) is 2.25. The van der Waals surface area contributed by atoms with Crippen molar-refractivity contribution in [1.29, 1.82) is 0 Å². The Morgan fingerprint density at radius 3 is 2.63 bits per heavy atom. The monoisotopic (exact) mass is 277 g/mol. The van der Waals surface area contributed by atoms with E-state index >= 15 is 0 Å². The zero-order chi connectivity index (χ0) is 14.2. The van der Waals surface area contributed by atoms with E-state index in [4.69, 9.17) is 17.3 Å². The maximum Gasteiger partial charge on any atom is 0.270 e. The molecule has 0 fully saturated rings. The number of aromatic nitrogens is 1. The summed E-state index contributed by atoms with van der Waals surface area (Å²) >= 11 is 5.99. The van der Waals surface area contributed by atoms with Crippen molar-refractivity contribution in [2.75, 3.05) is 5.73 Å². The molecule has 0 aliphatic rings. The Kier molecular flexibility index (Phi) is 3.37. The Morgan fingerprint density at radius 1 is 1.32 bits per heavy atom. The second-order valence-electron chi connectivity index (χ2n) is 5.45. The summed E-state index contributed by atoms with van der Waals surface area (Å²) < 4.78 is 0. The molecule has 19 heavy (non-hydrogen) atoms. The van der Waals surface area contributed by atoms with Gasteiger partial charge >= 0.3 is 0 Å². The van der Waals surface area contributed by atoms with Crippen LogP contribution in [0.3, 0.4) is 0 Å². The number of nitrogens with zero attached hydrogens (tertiary/aromatic N) is 1. The lowest BCUT2D eigenvalue weighted by atomic mass is 10.1. The first-order valence-corrected chi connectivity index (χ1v) is 6.32. The van der Waals surface area contributed by atoms with E-state index in [0.29, 0.717) is 21.8 Å². The second-order valence-corrected chi connectivity index (χ2v) is 5.89. The van der Waals surface area contributed by atoms with E-state index in [9.17, 15) is 4.79 Å². The zero-order valence-corrected chi connectivity index (χ0v) is 11.9. The molecule has 0 bridgehead atoms. The Balaban J connectivity index is 2.58. The van der Waals surface area contributed by atoms with Crippen LogP contribution in [0.5, 0.6) is 0 Å². The van der Waals surface area contributed by atoms with Crippen molar-refractivity contribution in [3.05, 3.63) is 35.1 Å². The third kappa shape index (κ3) is 2.96. The van der Waals surface area contributed by atoms with Gasteiger partial charge in [0.2, 0.25) is 0 Å². The number of carbonyl (C=O) groups is 1. The number of amides is 1. The van der Waals surface area contributed by atoms with Crippen LogP contribution in [-0.2, 0) is 0 Å². The summed E-state index contributed by atoms with van der Waals surface area (Å²) in [6.07, 6.45) is 1.57. The van der Waals surface area contributed by atoms with Crippen LogP contribution in [0.1, 0.15) is 31.3 Å². The highest BCUT2D eigenvalue weighted by Crippen LogP contribution is 2.27. The molecular weight excluding hydrogens is 262 g/mol. The van der Waals surface area contributed by atoms with E-state index in [1.165, 1.54) is 0 Å². The van der Waals surface area contributed by atoms with Crippen molar-refractivity contribution in [2.45, 2.75) is 26.3 Å². The molecule has 0 aliphatic heterocycles. The number of anilines is 1. The second kappa shape index (κ2) is 4.70. The van der Waals surface area contributed by atoms with Crippen LogP contribution in [0.2, 0.25) is 5.02 Å². The van der Waals surface area contributed by atoms with Crippen LogP contribution in [0.25, 0.3) is 10.8 Å². The van der Waals surface area contributed by atoms with Crippen LogP contribution in [0, 0.1) is 0 Å². The van der Waals surface area contributed by atoms with E-state index < -0.39 is 0 Å². The quantitative estimate of drug-likeness (QED) is 0.788. The number of rotatable bonds is 1. The minimum absolute atomic E-state index is 0.236. The van der Waals surface area contributed by atoms with Gasteiger partial charge in [0.1, 0.15) is 5.69 Å². The Bertz CT molecular complexity index is 647. The fourth-order valence-electron chi connectivity index (χ4n) is 1.86. The van der Waals surface area contributed by atoms with Crippen LogP contribution in [0.4, 0.5) is 5.69 Å². The average molecular weight is 278 g/mol. The summed E-state index contributed by atoms with van der Waals surface area (Å²) in [6.45, 7) is 5.74. The van der Waals surface area contributed by atoms with Crippen LogP contribution >= 0.6 is 11.6 Å². The van der Waals surface area contributed by atoms with Gasteiger partial charge in [0.05, 0.1) is 0 Å². The smallest absolute Gasteiger partial charge is 0.270 e. The van der Waals surface area contributed by atoms with Gasteiger partial charge in [-0.3, -0.25) is 9.78 Å². The predicted molar refractivity (Wildman–Crippen MR) is 78.4 cm³/mol. The van der Waals surface area contributed by atoms with E-state index in [1.54, 1.807) is 24.4 Å². The molecule has 3 N–H and O–H groups in total. The largest absolute Gasteiger partial charge is 0.398 e. The summed E-state index contributed by atoms with van der Waals surface area (Å²) in [5.41, 5.74) is 6.45. The SMILES string of the molecule is CC(C)(C)NC(=O)c1nccc2c(N)cc(Cl)cc12. The molecule has 0 unspecified atom stereocenters. The first-order chi connectivity index (χ1) is 8.78. The van der Waals surface area contributed by atoms with E-state index in [2.05, 4.69) is 10.3 Å². The highest BCUT2D eigenvalue weighted by atomic mass is 35.5. The molecule has 2 rings (SSSR count). The van der Waals surface area contributed by atoms with Gasteiger partial charge in [-0.15, -0.1) is 0 Å². The fraction of sp³-hybridized carbons (Fsp3) is 0.286. The number of nitrogen functional groups attached to an aromatic ring is 1. The third-order valence-electron chi connectivity index (χ3n) is 2.58. The maximum absolute atomic E-state index is 12.2. The summed E-state index contributed by atoms with van der Waals surface area (Å²) in [4.78, 5) is 16.4. The number of benzene rings is 1. The molecule has 1 aromatic carbocycles. The van der Waals surface area contributed by atoms with Gasteiger partial charge in [-0.2, -0.15) is 0 Å². The van der Waals surface area contributed by atoms with E-state index in [0.717, 1.165) is 5.39 Å². The summed E-state index contributed by atoms with van der Waals surface area (Å²) in [7, 11) is 0. The maximum atomic E-state index is 12.2. The molecule has 4 nitrogen and oxygen atoms in total. The van der Waals surface area contributed by atoms with Crippen molar-refractivity contribution in [1.82, 2.24) is 10.3 Å². The van der Waals surface area contributed by atoms with Gasteiger partial charge in [0.15, 0.2) is 0 Å². The molecule has 0 spiro atoms. The first kappa shape index (κ1) is 13.6. The normalized spacial score (nSPS) is 11.6. The minimum Gasteiger partial charge on any atom is -0.398 e. The van der Waals surface area contributed by atoms with E-state index in [-0.39, 0.29) is 11.4 Å². The molecule has 0 atom stereocenters. The number of fused-ring (bicyclic) bond motifs is 1. The molecule has 1 heterocycles. The van der Waals surface area contributed by atoms with Gasteiger partial charge in [-0.05, 0) is 39.0 Å². The van der Waals surface area contributed by atoms with Crippen molar-refractivity contribution in [2.24, 2.45) is 0 Å². The first-order valence-electron chi connectivity index (χ1n) is 5.94. The number of carbonyl (C=O) groups excluding carboxylic acids is 1.